The molecule has 1 aliphatic rings. The van der Waals surface area contributed by atoms with Crippen molar-refractivity contribution in [2.45, 2.75) is 13.0 Å². The Labute approximate surface area is 197 Å². The summed E-state index contributed by atoms with van der Waals surface area (Å²) in [6, 6.07) is 25.3. The number of allylic oxidation sites excluding steroid dienone is 1. The second-order valence-corrected chi connectivity index (χ2v) is 8.06. The van der Waals surface area contributed by atoms with Crippen molar-refractivity contribution in [3.8, 4) is 5.75 Å². The third-order valence-corrected chi connectivity index (χ3v) is 5.75. The van der Waals surface area contributed by atoms with Gasteiger partial charge in [-0.15, -0.1) is 0 Å². The number of rotatable bonds is 6. The number of aromatic nitrogens is 4. The van der Waals surface area contributed by atoms with E-state index in [9.17, 15) is 4.79 Å². The SMILES string of the molecule is COc1ccc(NC(=O)CN2C(c3ccc(C)cc3)=C[C@H](c3ccccc3)n3nnnc32)cc1. The van der Waals surface area contributed by atoms with Gasteiger partial charge < -0.3 is 10.1 Å². The summed E-state index contributed by atoms with van der Waals surface area (Å²) < 4.78 is 6.93. The molecule has 4 aromatic rings. The van der Waals surface area contributed by atoms with Crippen LogP contribution in [0.2, 0.25) is 0 Å². The topological polar surface area (TPSA) is 85.2 Å². The summed E-state index contributed by atoms with van der Waals surface area (Å²) >= 11 is 0. The molecule has 0 unspecified atom stereocenters. The molecule has 8 heteroatoms. The Kier molecular flexibility index (Phi) is 5.78. The van der Waals surface area contributed by atoms with E-state index >= 15 is 0 Å². The van der Waals surface area contributed by atoms with Crippen LogP contribution in [0.3, 0.4) is 0 Å². The van der Waals surface area contributed by atoms with Crippen molar-refractivity contribution in [1.29, 1.82) is 0 Å². The first kappa shape index (κ1) is 21.4. The average molecular weight is 453 g/mol. The van der Waals surface area contributed by atoms with E-state index in [0.717, 1.165) is 28.1 Å². The van der Waals surface area contributed by atoms with Crippen LogP contribution in [-0.4, -0.2) is 39.8 Å². The third kappa shape index (κ3) is 4.25. The molecule has 0 bridgehead atoms. The summed E-state index contributed by atoms with van der Waals surface area (Å²) in [5.74, 6) is 1.05. The number of carbonyl (C=O) groups excluding carboxylic acids is 1. The van der Waals surface area contributed by atoms with Gasteiger partial charge in [-0.25, -0.2) is 0 Å². The first-order chi connectivity index (χ1) is 16.6. The van der Waals surface area contributed by atoms with Crippen molar-refractivity contribution in [2.24, 2.45) is 0 Å². The summed E-state index contributed by atoms with van der Waals surface area (Å²) in [5, 5.41) is 15.4. The fourth-order valence-corrected chi connectivity index (χ4v) is 4.00. The molecule has 0 aliphatic carbocycles. The van der Waals surface area contributed by atoms with Gasteiger partial charge in [0.2, 0.25) is 5.91 Å². The molecule has 1 atom stereocenters. The Balaban J connectivity index is 1.50. The summed E-state index contributed by atoms with van der Waals surface area (Å²) in [7, 11) is 1.61. The normalized spacial score (nSPS) is 14.8. The minimum absolute atomic E-state index is 0.0492. The van der Waals surface area contributed by atoms with Crippen molar-refractivity contribution < 1.29 is 9.53 Å². The number of nitrogens with one attached hydrogen (secondary N) is 1. The largest absolute Gasteiger partial charge is 0.497 e. The number of fused-ring (bicyclic) bond motifs is 1. The smallest absolute Gasteiger partial charge is 0.251 e. The van der Waals surface area contributed by atoms with Gasteiger partial charge in [-0.3, -0.25) is 9.69 Å². The third-order valence-electron chi connectivity index (χ3n) is 5.75. The number of hydrogen-bond acceptors (Lipinski definition) is 6. The summed E-state index contributed by atoms with van der Waals surface area (Å²) in [6.07, 6.45) is 2.10. The van der Waals surface area contributed by atoms with Gasteiger partial charge in [-0.1, -0.05) is 65.3 Å². The number of tetrazole rings is 1. The zero-order valence-corrected chi connectivity index (χ0v) is 18.9. The molecule has 170 valence electrons. The highest BCUT2D eigenvalue weighted by Crippen LogP contribution is 2.36. The number of methoxy groups -OCH3 is 1. The zero-order valence-electron chi connectivity index (χ0n) is 18.9. The van der Waals surface area contributed by atoms with Gasteiger partial charge in [0, 0.05) is 5.69 Å². The van der Waals surface area contributed by atoms with E-state index in [1.165, 1.54) is 0 Å². The van der Waals surface area contributed by atoms with Crippen LogP contribution in [-0.2, 0) is 4.79 Å². The molecule has 5 rings (SSSR count). The first-order valence-corrected chi connectivity index (χ1v) is 11.0. The quantitative estimate of drug-likeness (QED) is 0.475. The van der Waals surface area contributed by atoms with Crippen LogP contribution in [0.25, 0.3) is 5.70 Å². The fraction of sp³-hybridized carbons (Fsp3) is 0.154. The van der Waals surface area contributed by atoms with E-state index in [0.29, 0.717) is 11.6 Å². The molecule has 0 saturated carbocycles. The molecule has 1 N–H and O–H groups in total. The van der Waals surface area contributed by atoms with Gasteiger partial charge in [0.25, 0.3) is 5.95 Å². The lowest BCUT2D eigenvalue weighted by Crippen LogP contribution is -2.37. The molecule has 1 aromatic heterocycles. The van der Waals surface area contributed by atoms with E-state index in [1.54, 1.807) is 36.1 Å². The number of ether oxygens (including phenoxy) is 1. The van der Waals surface area contributed by atoms with Crippen molar-refractivity contribution in [2.75, 3.05) is 23.9 Å². The second kappa shape index (κ2) is 9.19. The molecule has 3 aromatic carbocycles. The Bertz CT molecular complexity index is 1310. The molecule has 0 radical (unpaired) electrons. The van der Waals surface area contributed by atoms with Crippen molar-refractivity contribution in [3.05, 3.63) is 102 Å². The Morgan fingerprint density at radius 1 is 1.00 bits per heavy atom. The van der Waals surface area contributed by atoms with Crippen LogP contribution in [0.5, 0.6) is 5.75 Å². The van der Waals surface area contributed by atoms with Crippen LogP contribution in [0.15, 0.2) is 84.9 Å². The fourth-order valence-electron chi connectivity index (χ4n) is 4.00. The van der Waals surface area contributed by atoms with Crippen LogP contribution in [0.4, 0.5) is 11.6 Å². The Morgan fingerprint density at radius 2 is 1.74 bits per heavy atom. The lowest BCUT2D eigenvalue weighted by Gasteiger charge is -2.32. The van der Waals surface area contributed by atoms with Gasteiger partial charge in [0.15, 0.2) is 0 Å². The zero-order chi connectivity index (χ0) is 23.5. The molecule has 8 nitrogen and oxygen atoms in total. The van der Waals surface area contributed by atoms with E-state index in [1.807, 2.05) is 42.2 Å². The van der Waals surface area contributed by atoms with Gasteiger partial charge >= 0.3 is 0 Å². The molecular weight excluding hydrogens is 428 g/mol. The molecule has 1 aliphatic heterocycles. The number of nitrogens with zero attached hydrogens (tertiary/aromatic N) is 5. The van der Waals surface area contributed by atoms with E-state index in [4.69, 9.17) is 4.74 Å². The van der Waals surface area contributed by atoms with Crippen molar-refractivity contribution >= 4 is 23.2 Å². The maximum absolute atomic E-state index is 13.1. The summed E-state index contributed by atoms with van der Waals surface area (Å²) in [5.41, 5.74) is 4.76. The lowest BCUT2D eigenvalue weighted by molar-refractivity contribution is -0.114. The van der Waals surface area contributed by atoms with Crippen molar-refractivity contribution in [3.63, 3.8) is 0 Å². The maximum Gasteiger partial charge on any atom is 0.251 e. The highest BCUT2D eigenvalue weighted by atomic mass is 16.5. The highest BCUT2D eigenvalue weighted by molar-refractivity contribution is 5.97. The maximum atomic E-state index is 13.1. The first-order valence-electron chi connectivity index (χ1n) is 11.0. The number of benzene rings is 3. The molecule has 2 heterocycles. The molecule has 0 spiro atoms. The number of carbonyl (C=O) groups is 1. The van der Waals surface area contributed by atoms with E-state index in [2.05, 4.69) is 51.2 Å². The monoisotopic (exact) mass is 452 g/mol. The highest BCUT2D eigenvalue weighted by Gasteiger charge is 2.31. The summed E-state index contributed by atoms with van der Waals surface area (Å²) in [4.78, 5) is 14.9. The van der Waals surface area contributed by atoms with Gasteiger partial charge in [0.1, 0.15) is 18.3 Å². The van der Waals surface area contributed by atoms with E-state index < -0.39 is 0 Å². The summed E-state index contributed by atoms with van der Waals surface area (Å²) in [6.45, 7) is 2.10. The van der Waals surface area contributed by atoms with Crippen LogP contribution >= 0.6 is 0 Å². The number of amides is 1. The Morgan fingerprint density at radius 3 is 2.44 bits per heavy atom. The molecular formula is C26H24N6O2. The van der Waals surface area contributed by atoms with Crippen LogP contribution in [0.1, 0.15) is 22.7 Å². The minimum atomic E-state index is -0.191. The lowest BCUT2D eigenvalue weighted by atomic mass is 10.00. The minimum Gasteiger partial charge on any atom is -0.497 e. The number of aryl methyl sites for hydroxylation is 1. The van der Waals surface area contributed by atoms with Crippen molar-refractivity contribution in [1.82, 2.24) is 20.2 Å². The second-order valence-electron chi connectivity index (χ2n) is 8.06. The predicted octanol–water partition coefficient (Wildman–Crippen LogP) is 4.08. The standard InChI is InChI=1S/C26H24N6O2/c1-18-8-10-20(11-9-18)23-16-24(19-6-4-3-5-7-19)32-26(28-29-30-32)31(23)17-25(33)27-21-12-14-22(34-2)15-13-21/h3-16,24H,17H2,1-2H3,(H,27,33)/t24-/m1/s1. The van der Waals surface area contributed by atoms with Gasteiger partial charge in [0.05, 0.1) is 12.8 Å². The van der Waals surface area contributed by atoms with Crippen LogP contribution < -0.4 is 15.0 Å². The van der Waals surface area contributed by atoms with E-state index in [-0.39, 0.29) is 18.5 Å². The predicted molar refractivity (Wildman–Crippen MR) is 131 cm³/mol. The Hall–Kier alpha value is -4.46. The van der Waals surface area contributed by atoms with Gasteiger partial charge in [-0.2, -0.15) is 4.68 Å². The number of hydrogen-bond donors (Lipinski definition) is 1. The van der Waals surface area contributed by atoms with Gasteiger partial charge in [-0.05, 0) is 58.8 Å². The number of anilines is 2. The average Bonchev–Trinajstić information content (AvgIpc) is 3.36. The molecule has 0 fully saturated rings. The van der Waals surface area contributed by atoms with Crippen LogP contribution in [0, 0.1) is 6.92 Å². The molecule has 34 heavy (non-hydrogen) atoms. The molecule has 1 amide bonds. The molecule has 0 saturated heterocycles.